The molecule has 1 N–H and O–H groups in total. The van der Waals surface area contributed by atoms with Gasteiger partial charge in [0.05, 0.1) is 11.6 Å². The Morgan fingerprint density at radius 3 is 2.71 bits per heavy atom. The van der Waals surface area contributed by atoms with Crippen LogP contribution in [0.25, 0.3) is 0 Å². The number of furan rings is 1. The number of ether oxygens (including phenoxy) is 1. The predicted octanol–water partition coefficient (Wildman–Crippen LogP) is 3.12. The lowest BCUT2D eigenvalue weighted by Gasteiger charge is -2.33. The Bertz CT molecular complexity index is 378. The van der Waals surface area contributed by atoms with E-state index in [1.807, 2.05) is 13.8 Å². The summed E-state index contributed by atoms with van der Waals surface area (Å²) in [5, 5.41) is 3.55. The average molecular weight is 237 g/mol. The quantitative estimate of drug-likeness (QED) is 0.873. The lowest BCUT2D eigenvalue weighted by molar-refractivity contribution is -0.0124. The highest BCUT2D eigenvalue weighted by molar-refractivity contribution is 5.27. The van der Waals surface area contributed by atoms with Crippen molar-refractivity contribution in [3.8, 4) is 0 Å². The summed E-state index contributed by atoms with van der Waals surface area (Å²) < 4.78 is 11.6. The summed E-state index contributed by atoms with van der Waals surface area (Å²) >= 11 is 0. The van der Waals surface area contributed by atoms with Crippen LogP contribution in [0.15, 0.2) is 10.5 Å². The maximum absolute atomic E-state index is 5.97. The van der Waals surface area contributed by atoms with Gasteiger partial charge in [-0.05, 0) is 46.2 Å². The average Bonchev–Trinajstić information content (AvgIpc) is 2.83. The highest BCUT2D eigenvalue weighted by atomic mass is 16.5. The molecule has 17 heavy (non-hydrogen) atoms. The van der Waals surface area contributed by atoms with Gasteiger partial charge in [0.1, 0.15) is 11.5 Å². The molecule has 0 radical (unpaired) electrons. The van der Waals surface area contributed by atoms with Crippen molar-refractivity contribution in [3.05, 3.63) is 23.2 Å². The first-order valence-electron chi connectivity index (χ1n) is 6.51. The third-order valence-corrected chi connectivity index (χ3v) is 3.66. The molecule has 2 rings (SSSR count). The van der Waals surface area contributed by atoms with Gasteiger partial charge in [0.15, 0.2) is 0 Å². The van der Waals surface area contributed by atoms with E-state index < -0.39 is 0 Å². The highest BCUT2D eigenvalue weighted by Crippen LogP contribution is 2.39. The molecule has 2 heterocycles. The molecule has 2 unspecified atom stereocenters. The molecule has 1 aliphatic rings. The van der Waals surface area contributed by atoms with E-state index >= 15 is 0 Å². The molecule has 2 atom stereocenters. The Balaban J connectivity index is 2.31. The number of hydrogen-bond donors (Lipinski definition) is 1. The summed E-state index contributed by atoms with van der Waals surface area (Å²) in [5.41, 5.74) is 1.14. The van der Waals surface area contributed by atoms with E-state index in [1.165, 1.54) is 5.56 Å². The minimum atomic E-state index is -0.100. The van der Waals surface area contributed by atoms with Gasteiger partial charge in [0, 0.05) is 12.2 Å². The molecular weight excluding hydrogens is 214 g/mol. The van der Waals surface area contributed by atoms with Crippen molar-refractivity contribution < 1.29 is 9.15 Å². The van der Waals surface area contributed by atoms with Gasteiger partial charge >= 0.3 is 0 Å². The van der Waals surface area contributed by atoms with E-state index in [-0.39, 0.29) is 11.6 Å². The molecule has 96 valence electrons. The summed E-state index contributed by atoms with van der Waals surface area (Å²) in [5.74, 6) is 1.98. The first kappa shape index (κ1) is 12.7. The van der Waals surface area contributed by atoms with Crippen LogP contribution in [0.5, 0.6) is 0 Å². The van der Waals surface area contributed by atoms with Crippen LogP contribution >= 0.6 is 0 Å². The second kappa shape index (κ2) is 4.83. The molecule has 1 aliphatic heterocycles. The molecule has 3 heteroatoms. The minimum absolute atomic E-state index is 0.100. The number of rotatable bonds is 4. The van der Waals surface area contributed by atoms with E-state index in [0.29, 0.717) is 0 Å². The van der Waals surface area contributed by atoms with Crippen molar-refractivity contribution >= 4 is 0 Å². The molecule has 1 aromatic rings. The van der Waals surface area contributed by atoms with Crippen LogP contribution in [0.4, 0.5) is 0 Å². The lowest BCUT2D eigenvalue weighted by atomic mass is 9.87. The fourth-order valence-corrected chi connectivity index (χ4v) is 2.82. The molecule has 0 saturated carbocycles. The fraction of sp³-hybridized carbons (Fsp3) is 0.714. The molecular formula is C14H23NO2. The van der Waals surface area contributed by atoms with Crippen LogP contribution in [0.1, 0.15) is 49.8 Å². The zero-order valence-corrected chi connectivity index (χ0v) is 11.3. The maximum atomic E-state index is 5.97. The molecule has 1 aromatic heterocycles. The monoisotopic (exact) mass is 237 g/mol. The van der Waals surface area contributed by atoms with Crippen molar-refractivity contribution in [2.24, 2.45) is 0 Å². The summed E-state index contributed by atoms with van der Waals surface area (Å²) in [6.07, 6.45) is 2.25. The van der Waals surface area contributed by atoms with Gasteiger partial charge in [0.25, 0.3) is 0 Å². The Labute approximate surface area is 104 Å². The van der Waals surface area contributed by atoms with Crippen molar-refractivity contribution in [1.29, 1.82) is 0 Å². The van der Waals surface area contributed by atoms with E-state index in [9.17, 15) is 0 Å². The van der Waals surface area contributed by atoms with Gasteiger partial charge in [-0.2, -0.15) is 0 Å². The van der Waals surface area contributed by atoms with Crippen LogP contribution in [-0.4, -0.2) is 18.8 Å². The smallest absolute Gasteiger partial charge is 0.105 e. The van der Waals surface area contributed by atoms with Crippen molar-refractivity contribution in [2.75, 3.05) is 13.2 Å². The molecule has 0 aromatic carbocycles. The zero-order chi connectivity index (χ0) is 12.5. The largest absolute Gasteiger partial charge is 0.466 e. The van der Waals surface area contributed by atoms with Crippen LogP contribution in [0.3, 0.4) is 0 Å². The van der Waals surface area contributed by atoms with Crippen LogP contribution in [0, 0.1) is 13.8 Å². The third kappa shape index (κ3) is 2.40. The van der Waals surface area contributed by atoms with Crippen molar-refractivity contribution in [2.45, 2.75) is 52.2 Å². The number of nitrogens with one attached hydrogen (secondary N) is 1. The number of aryl methyl sites for hydroxylation is 2. The summed E-state index contributed by atoms with van der Waals surface area (Å²) in [6.45, 7) is 10.2. The van der Waals surface area contributed by atoms with E-state index in [4.69, 9.17) is 9.15 Å². The topological polar surface area (TPSA) is 34.4 Å². The normalized spacial score (nSPS) is 26.4. The standard InChI is InChI=1S/C14H23NO2/c1-5-15-13(14(4)7-6-8-16-14)12-9-10(2)17-11(12)3/h9,13,15H,5-8H2,1-4H3. The van der Waals surface area contributed by atoms with Gasteiger partial charge < -0.3 is 14.5 Å². The molecule has 0 amide bonds. The molecule has 1 fully saturated rings. The van der Waals surface area contributed by atoms with Crippen LogP contribution in [0.2, 0.25) is 0 Å². The maximum Gasteiger partial charge on any atom is 0.105 e. The zero-order valence-electron chi connectivity index (χ0n) is 11.3. The predicted molar refractivity (Wildman–Crippen MR) is 68.2 cm³/mol. The SMILES string of the molecule is CCNC(c1cc(C)oc1C)C1(C)CCCO1. The van der Waals surface area contributed by atoms with Gasteiger partial charge in [0.2, 0.25) is 0 Å². The Morgan fingerprint density at radius 2 is 2.24 bits per heavy atom. The second-order valence-electron chi connectivity index (χ2n) is 5.12. The van der Waals surface area contributed by atoms with Crippen LogP contribution < -0.4 is 5.32 Å². The first-order valence-corrected chi connectivity index (χ1v) is 6.51. The molecule has 3 nitrogen and oxygen atoms in total. The minimum Gasteiger partial charge on any atom is -0.466 e. The van der Waals surface area contributed by atoms with E-state index in [0.717, 1.165) is 37.5 Å². The number of hydrogen-bond acceptors (Lipinski definition) is 3. The van der Waals surface area contributed by atoms with Gasteiger partial charge in [-0.15, -0.1) is 0 Å². The summed E-state index contributed by atoms with van der Waals surface area (Å²) in [4.78, 5) is 0. The molecule has 0 spiro atoms. The number of likely N-dealkylation sites (N-methyl/N-ethyl adjacent to an activating group) is 1. The van der Waals surface area contributed by atoms with Gasteiger partial charge in [-0.25, -0.2) is 0 Å². The Kier molecular flexibility index (Phi) is 3.59. The third-order valence-electron chi connectivity index (χ3n) is 3.66. The summed E-state index contributed by atoms with van der Waals surface area (Å²) in [7, 11) is 0. The highest BCUT2D eigenvalue weighted by Gasteiger charge is 2.40. The molecule has 1 saturated heterocycles. The first-order chi connectivity index (χ1) is 8.07. The van der Waals surface area contributed by atoms with Gasteiger partial charge in [-0.3, -0.25) is 0 Å². The Morgan fingerprint density at radius 1 is 1.47 bits per heavy atom. The van der Waals surface area contributed by atoms with Crippen molar-refractivity contribution in [1.82, 2.24) is 5.32 Å². The van der Waals surface area contributed by atoms with E-state index in [2.05, 4.69) is 25.2 Å². The summed E-state index contributed by atoms with van der Waals surface area (Å²) in [6, 6.07) is 2.36. The fourth-order valence-electron chi connectivity index (χ4n) is 2.82. The van der Waals surface area contributed by atoms with Crippen molar-refractivity contribution in [3.63, 3.8) is 0 Å². The van der Waals surface area contributed by atoms with Crippen LogP contribution in [-0.2, 0) is 4.74 Å². The molecule has 0 aliphatic carbocycles. The lowest BCUT2D eigenvalue weighted by Crippen LogP contribution is -2.41. The van der Waals surface area contributed by atoms with Gasteiger partial charge in [-0.1, -0.05) is 6.92 Å². The second-order valence-corrected chi connectivity index (χ2v) is 5.12. The Hall–Kier alpha value is -0.800. The van der Waals surface area contributed by atoms with E-state index in [1.54, 1.807) is 0 Å². The molecule has 0 bridgehead atoms.